The fourth-order valence-electron chi connectivity index (χ4n) is 3.48. The van der Waals surface area contributed by atoms with E-state index in [9.17, 15) is 9.59 Å². The van der Waals surface area contributed by atoms with Crippen molar-refractivity contribution in [3.63, 3.8) is 0 Å². The number of aromatic amines is 2. The normalized spacial score (nSPS) is 12.5. The lowest BCUT2D eigenvalue weighted by Crippen LogP contribution is -2.31. The van der Waals surface area contributed by atoms with Crippen molar-refractivity contribution >= 4 is 27.8 Å². The molecular weight excluding hydrogens is 352 g/mol. The number of amides is 1. The van der Waals surface area contributed by atoms with Gasteiger partial charge in [0.15, 0.2) is 0 Å². The zero-order chi connectivity index (χ0) is 19.7. The summed E-state index contributed by atoms with van der Waals surface area (Å²) in [5.41, 5.74) is 2.51. The fourth-order valence-corrected chi connectivity index (χ4v) is 3.48. The van der Waals surface area contributed by atoms with E-state index >= 15 is 0 Å². The van der Waals surface area contributed by atoms with Gasteiger partial charge in [0.25, 0.3) is 5.91 Å². The predicted octanol–water partition coefficient (Wildman–Crippen LogP) is 3.92. The Labute approximate surface area is 162 Å². The molecule has 2 heterocycles. The monoisotopic (exact) mass is 374 g/mol. The van der Waals surface area contributed by atoms with E-state index in [0.29, 0.717) is 22.4 Å². The lowest BCUT2D eigenvalue weighted by molar-refractivity contribution is 0.0931. The van der Waals surface area contributed by atoms with Crippen LogP contribution in [-0.2, 0) is 0 Å². The highest BCUT2D eigenvalue weighted by Gasteiger charge is 2.22. The van der Waals surface area contributed by atoms with E-state index in [1.165, 1.54) is 6.07 Å². The fraction of sp³-hybridized carbons (Fsp3) is 0.227. The van der Waals surface area contributed by atoms with Crippen LogP contribution in [0, 0.1) is 5.92 Å². The lowest BCUT2D eigenvalue weighted by Gasteiger charge is -2.19. The number of fused-ring (bicyclic) bond motifs is 2. The molecule has 6 heteroatoms. The Hall–Kier alpha value is -3.41. The first-order valence-electron chi connectivity index (χ1n) is 9.39. The second-order valence-corrected chi connectivity index (χ2v) is 7.39. The summed E-state index contributed by atoms with van der Waals surface area (Å²) < 4.78 is 0. The number of nitrogens with zero attached hydrogens (tertiary/aromatic N) is 1. The summed E-state index contributed by atoms with van der Waals surface area (Å²) in [6, 6.07) is 16.2. The largest absolute Gasteiger partial charge is 0.342 e. The molecule has 0 spiro atoms. The van der Waals surface area contributed by atoms with Crippen LogP contribution in [0.15, 0.2) is 59.4 Å². The van der Waals surface area contributed by atoms with Gasteiger partial charge in [0.1, 0.15) is 5.82 Å². The Morgan fingerprint density at radius 1 is 1.04 bits per heavy atom. The van der Waals surface area contributed by atoms with Gasteiger partial charge in [-0.3, -0.25) is 9.59 Å². The summed E-state index contributed by atoms with van der Waals surface area (Å²) in [4.78, 5) is 35.8. The number of para-hydroxylation sites is 3. The molecule has 3 N–H and O–H groups in total. The molecule has 0 saturated carbocycles. The number of nitrogens with one attached hydrogen (secondary N) is 3. The molecule has 0 unspecified atom stereocenters. The Kier molecular flexibility index (Phi) is 4.69. The average Bonchev–Trinajstić information content (AvgIpc) is 3.10. The number of pyridine rings is 1. The summed E-state index contributed by atoms with van der Waals surface area (Å²) >= 11 is 0. The first kappa shape index (κ1) is 18.0. The molecule has 4 aromatic rings. The summed E-state index contributed by atoms with van der Waals surface area (Å²) in [6.07, 6.45) is 0.729. The quantitative estimate of drug-likeness (QED) is 0.494. The minimum Gasteiger partial charge on any atom is -0.342 e. The van der Waals surface area contributed by atoms with E-state index in [2.05, 4.69) is 34.1 Å². The van der Waals surface area contributed by atoms with Crippen LogP contribution in [0.25, 0.3) is 21.9 Å². The maximum atomic E-state index is 13.1. The van der Waals surface area contributed by atoms with Crippen molar-refractivity contribution in [3.05, 3.63) is 76.3 Å². The van der Waals surface area contributed by atoms with Crippen LogP contribution in [0.1, 0.15) is 42.5 Å². The van der Waals surface area contributed by atoms with Crippen LogP contribution >= 0.6 is 0 Å². The smallest absolute Gasteiger partial charge is 0.252 e. The van der Waals surface area contributed by atoms with Gasteiger partial charge in [-0.1, -0.05) is 44.2 Å². The maximum Gasteiger partial charge on any atom is 0.252 e. The van der Waals surface area contributed by atoms with E-state index in [1.807, 2.05) is 42.5 Å². The van der Waals surface area contributed by atoms with Crippen molar-refractivity contribution in [1.82, 2.24) is 20.3 Å². The first-order valence-corrected chi connectivity index (χ1v) is 9.39. The Morgan fingerprint density at radius 3 is 2.50 bits per heavy atom. The topological polar surface area (TPSA) is 90.6 Å². The van der Waals surface area contributed by atoms with Gasteiger partial charge in [0, 0.05) is 17.0 Å². The number of carbonyl (C=O) groups excluding carboxylic acids is 1. The zero-order valence-corrected chi connectivity index (χ0v) is 15.8. The van der Waals surface area contributed by atoms with Gasteiger partial charge in [-0.15, -0.1) is 0 Å². The molecule has 0 bridgehead atoms. The number of benzene rings is 2. The molecule has 2 aromatic carbocycles. The third kappa shape index (κ3) is 3.53. The molecule has 142 valence electrons. The molecule has 4 rings (SSSR count). The SMILES string of the molecule is CC(C)C[C@H](NC(=O)c1cc(=O)[nH]c2ccccc12)c1nc2ccccc2[nH]1. The van der Waals surface area contributed by atoms with E-state index in [1.54, 1.807) is 6.07 Å². The highest BCUT2D eigenvalue weighted by Crippen LogP contribution is 2.23. The van der Waals surface area contributed by atoms with Crippen LogP contribution in [0.5, 0.6) is 0 Å². The minimum atomic E-state index is -0.298. The second-order valence-electron chi connectivity index (χ2n) is 7.39. The van der Waals surface area contributed by atoms with Crippen molar-refractivity contribution in [3.8, 4) is 0 Å². The molecule has 0 radical (unpaired) electrons. The van der Waals surface area contributed by atoms with Crippen LogP contribution < -0.4 is 10.9 Å². The average molecular weight is 374 g/mol. The van der Waals surface area contributed by atoms with Crippen molar-refractivity contribution in [2.75, 3.05) is 0 Å². The van der Waals surface area contributed by atoms with Crippen molar-refractivity contribution in [2.45, 2.75) is 26.3 Å². The molecule has 2 aromatic heterocycles. The number of carbonyl (C=O) groups is 1. The highest BCUT2D eigenvalue weighted by molar-refractivity contribution is 6.06. The van der Waals surface area contributed by atoms with Gasteiger partial charge in [-0.25, -0.2) is 4.98 Å². The number of aromatic nitrogens is 3. The van der Waals surface area contributed by atoms with Crippen molar-refractivity contribution in [2.24, 2.45) is 5.92 Å². The molecule has 6 nitrogen and oxygen atoms in total. The zero-order valence-electron chi connectivity index (χ0n) is 15.8. The summed E-state index contributed by atoms with van der Waals surface area (Å²) in [5, 5.41) is 3.79. The van der Waals surface area contributed by atoms with Crippen LogP contribution in [0.4, 0.5) is 0 Å². The number of imidazole rings is 1. The van der Waals surface area contributed by atoms with Gasteiger partial charge in [0.2, 0.25) is 5.56 Å². The Bertz CT molecular complexity index is 1170. The van der Waals surface area contributed by atoms with Gasteiger partial charge in [-0.05, 0) is 30.5 Å². The molecule has 28 heavy (non-hydrogen) atoms. The number of H-pyrrole nitrogens is 2. The summed E-state index contributed by atoms with van der Waals surface area (Å²) in [5.74, 6) is 0.792. The minimum absolute atomic E-state index is 0.280. The molecule has 0 fully saturated rings. The molecule has 0 aliphatic heterocycles. The van der Waals surface area contributed by atoms with Crippen LogP contribution in [0.3, 0.4) is 0 Å². The van der Waals surface area contributed by atoms with Crippen molar-refractivity contribution in [1.29, 1.82) is 0 Å². The molecule has 1 amide bonds. The van der Waals surface area contributed by atoms with Crippen LogP contribution in [0.2, 0.25) is 0 Å². The van der Waals surface area contributed by atoms with Gasteiger partial charge in [0.05, 0.1) is 22.6 Å². The van der Waals surface area contributed by atoms with E-state index in [0.717, 1.165) is 23.3 Å². The van der Waals surface area contributed by atoms with Crippen LogP contribution in [-0.4, -0.2) is 20.9 Å². The maximum absolute atomic E-state index is 13.1. The first-order chi connectivity index (χ1) is 13.5. The second kappa shape index (κ2) is 7.31. The van der Waals surface area contributed by atoms with Gasteiger partial charge >= 0.3 is 0 Å². The predicted molar refractivity (Wildman–Crippen MR) is 110 cm³/mol. The summed E-state index contributed by atoms with van der Waals surface area (Å²) in [7, 11) is 0. The standard InChI is InChI=1S/C22H22N4O2/c1-13(2)11-19(21-24-17-9-5-6-10-18(17)25-21)26-22(28)15-12-20(27)23-16-8-4-3-7-14(15)16/h3-10,12-13,19H,11H2,1-2H3,(H,23,27)(H,24,25)(H,26,28)/t19-/m0/s1. The lowest BCUT2D eigenvalue weighted by atomic mass is 10.0. The van der Waals surface area contributed by atoms with Gasteiger partial charge < -0.3 is 15.3 Å². The number of hydrogen-bond donors (Lipinski definition) is 3. The molecule has 0 aliphatic rings. The third-order valence-electron chi connectivity index (χ3n) is 4.75. The molecular formula is C22H22N4O2. The Balaban J connectivity index is 1.71. The van der Waals surface area contributed by atoms with E-state index in [4.69, 9.17) is 0 Å². The van der Waals surface area contributed by atoms with Crippen molar-refractivity contribution < 1.29 is 4.79 Å². The number of rotatable bonds is 5. The van der Waals surface area contributed by atoms with E-state index < -0.39 is 0 Å². The third-order valence-corrected chi connectivity index (χ3v) is 4.75. The molecule has 0 saturated heterocycles. The molecule has 1 atom stereocenters. The number of hydrogen-bond acceptors (Lipinski definition) is 3. The highest BCUT2D eigenvalue weighted by atomic mass is 16.2. The molecule has 0 aliphatic carbocycles. The van der Waals surface area contributed by atoms with Gasteiger partial charge in [-0.2, -0.15) is 0 Å². The Morgan fingerprint density at radius 2 is 1.75 bits per heavy atom. The van der Waals surface area contributed by atoms with E-state index in [-0.39, 0.29) is 17.5 Å². The summed E-state index contributed by atoms with van der Waals surface area (Å²) in [6.45, 7) is 4.20.